The molecule has 1 aliphatic rings. The third kappa shape index (κ3) is 3.31. The summed E-state index contributed by atoms with van der Waals surface area (Å²) in [7, 11) is 0. The summed E-state index contributed by atoms with van der Waals surface area (Å²) >= 11 is 0. The summed E-state index contributed by atoms with van der Waals surface area (Å²) in [5, 5.41) is 3.59. The molecule has 1 rings (SSSR count). The third-order valence-electron chi connectivity index (χ3n) is 3.75. The Bertz CT molecular complexity index is 277. The summed E-state index contributed by atoms with van der Waals surface area (Å²) in [5.74, 6) is 0. The number of hydrogen-bond acceptors (Lipinski definition) is 3. The highest BCUT2D eigenvalue weighted by Gasteiger charge is 2.42. The van der Waals surface area contributed by atoms with Crippen molar-refractivity contribution >= 4 is 0 Å². The minimum absolute atomic E-state index is 0.144. The maximum absolute atomic E-state index is 6.41. The molecule has 0 heterocycles. The highest BCUT2D eigenvalue weighted by atomic mass is 15.3. The molecule has 0 spiro atoms. The molecule has 1 fully saturated rings. The summed E-state index contributed by atoms with van der Waals surface area (Å²) in [6, 6.07) is 0.145. The number of nitrogens with zero attached hydrogens (tertiary/aromatic N) is 1. The Balaban J connectivity index is 2.93. The molecule has 2 unspecified atom stereocenters. The van der Waals surface area contributed by atoms with E-state index >= 15 is 0 Å². The fourth-order valence-corrected chi connectivity index (χ4v) is 2.87. The SMILES string of the molecule is C=CCNC1(N(CC=C)CC=C)CCCCC1N. The lowest BCUT2D eigenvalue weighted by Gasteiger charge is -2.50. The van der Waals surface area contributed by atoms with Crippen molar-refractivity contribution in [2.75, 3.05) is 19.6 Å². The Morgan fingerprint density at radius 2 is 1.83 bits per heavy atom. The molecule has 0 aliphatic heterocycles. The first kappa shape index (κ1) is 15.2. The highest BCUT2D eigenvalue weighted by molar-refractivity contribution is 5.03. The van der Waals surface area contributed by atoms with E-state index in [-0.39, 0.29) is 11.7 Å². The van der Waals surface area contributed by atoms with Crippen molar-refractivity contribution in [3.8, 4) is 0 Å². The van der Waals surface area contributed by atoms with Crippen LogP contribution in [0.25, 0.3) is 0 Å². The van der Waals surface area contributed by atoms with Crippen molar-refractivity contribution in [3.05, 3.63) is 38.0 Å². The van der Waals surface area contributed by atoms with Gasteiger partial charge in [-0.15, -0.1) is 19.7 Å². The number of nitrogens with two attached hydrogens (primary N) is 1. The van der Waals surface area contributed by atoms with Crippen LogP contribution < -0.4 is 11.1 Å². The first-order valence-electron chi connectivity index (χ1n) is 6.79. The van der Waals surface area contributed by atoms with Crippen LogP contribution in [0.1, 0.15) is 25.7 Å². The van der Waals surface area contributed by atoms with Crippen LogP contribution in [0, 0.1) is 0 Å². The van der Waals surface area contributed by atoms with Crippen molar-refractivity contribution in [1.29, 1.82) is 0 Å². The summed E-state index contributed by atoms with van der Waals surface area (Å²) < 4.78 is 0. The molecule has 2 atom stereocenters. The summed E-state index contributed by atoms with van der Waals surface area (Å²) in [4.78, 5) is 2.35. The zero-order valence-corrected chi connectivity index (χ0v) is 11.4. The van der Waals surface area contributed by atoms with E-state index in [1.165, 1.54) is 12.8 Å². The molecule has 18 heavy (non-hydrogen) atoms. The van der Waals surface area contributed by atoms with Crippen LogP contribution in [0.15, 0.2) is 38.0 Å². The van der Waals surface area contributed by atoms with Gasteiger partial charge in [-0.3, -0.25) is 10.2 Å². The van der Waals surface area contributed by atoms with Crippen LogP contribution in [-0.4, -0.2) is 36.2 Å². The van der Waals surface area contributed by atoms with E-state index in [1.54, 1.807) is 0 Å². The molecule has 102 valence electrons. The van der Waals surface area contributed by atoms with E-state index in [0.29, 0.717) is 0 Å². The Kier molecular flexibility index (Phi) is 6.33. The van der Waals surface area contributed by atoms with Gasteiger partial charge in [-0.05, 0) is 12.8 Å². The predicted octanol–water partition coefficient (Wildman–Crippen LogP) is 2.03. The van der Waals surface area contributed by atoms with Crippen molar-refractivity contribution < 1.29 is 0 Å². The van der Waals surface area contributed by atoms with Gasteiger partial charge in [0.05, 0.1) is 5.66 Å². The number of nitrogens with one attached hydrogen (secondary N) is 1. The number of hydrogen-bond donors (Lipinski definition) is 2. The molecule has 0 bridgehead atoms. The normalized spacial score (nSPS) is 28.0. The molecule has 0 aromatic carbocycles. The zero-order valence-electron chi connectivity index (χ0n) is 11.4. The van der Waals surface area contributed by atoms with Gasteiger partial charge in [0.1, 0.15) is 0 Å². The zero-order chi connectivity index (χ0) is 13.4. The quantitative estimate of drug-likeness (QED) is 0.511. The Labute approximate surface area is 111 Å². The molecule has 3 heteroatoms. The Morgan fingerprint density at radius 1 is 1.17 bits per heavy atom. The van der Waals surface area contributed by atoms with Crippen LogP contribution >= 0.6 is 0 Å². The van der Waals surface area contributed by atoms with Gasteiger partial charge in [-0.1, -0.05) is 31.1 Å². The lowest BCUT2D eigenvalue weighted by molar-refractivity contribution is 0.0229. The highest BCUT2D eigenvalue weighted by Crippen LogP contribution is 2.30. The molecule has 3 nitrogen and oxygen atoms in total. The van der Waals surface area contributed by atoms with E-state index in [4.69, 9.17) is 5.73 Å². The van der Waals surface area contributed by atoms with Gasteiger partial charge < -0.3 is 5.73 Å². The Morgan fingerprint density at radius 3 is 2.33 bits per heavy atom. The molecule has 1 aliphatic carbocycles. The minimum atomic E-state index is -0.144. The average Bonchev–Trinajstić information content (AvgIpc) is 2.38. The van der Waals surface area contributed by atoms with Gasteiger partial charge in [0.25, 0.3) is 0 Å². The van der Waals surface area contributed by atoms with Gasteiger partial charge in [0.2, 0.25) is 0 Å². The summed E-state index contributed by atoms with van der Waals surface area (Å²) in [6.07, 6.45) is 10.3. The molecule has 0 amide bonds. The fraction of sp³-hybridized carbons (Fsp3) is 0.600. The summed E-state index contributed by atoms with van der Waals surface area (Å²) in [5.41, 5.74) is 6.27. The molecular weight excluding hydrogens is 222 g/mol. The van der Waals surface area contributed by atoms with Crippen molar-refractivity contribution in [2.24, 2.45) is 5.73 Å². The van der Waals surface area contributed by atoms with Crippen molar-refractivity contribution in [3.63, 3.8) is 0 Å². The second-order valence-corrected chi connectivity index (χ2v) is 4.93. The topological polar surface area (TPSA) is 41.3 Å². The van der Waals surface area contributed by atoms with Gasteiger partial charge in [0, 0.05) is 25.7 Å². The molecule has 0 aromatic heterocycles. The Hall–Kier alpha value is -0.900. The molecule has 0 radical (unpaired) electrons. The van der Waals surface area contributed by atoms with E-state index in [2.05, 4.69) is 30.0 Å². The van der Waals surface area contributed by atoms with Gasteiger partial charge >= 0.3 is 0 Å². The van der Waals surface area contributed by atoms with E-state index in [9.17, 15) is 0 Å². The predicted molar refractivity (Wildman–Crippen MR) is 79.3 cm³/mol. The van der Waals surface area contributed by atoms with Crippen molar-refractivity contribution in [1.82, 2.24) is 10.2 Å². The molecule has 3 N–H and O–H groups in total. The first-order chi connectivity index (χ1) is 8.71. The fourth-order valence-electron chi connectivity index (χ4n) is 2.87. The molecule has 0 aromatic rings. The third-order valence-corrected chi connectivity index (χ3v) is 3.75. The molecule has 1 saturated carbocycles. The van der Waals surface area contributed by atoms with Crippen LogP contribution in [-0.2, 0) is 0 Å². The smallest absolute Gasteiger partial charge is 0.0875 e. The second-order valence-electron chi connectivity index (χ2n) is 4.93. The van der Waals surface area contributed by atoms with Gasteiger partial charge in [-0.25, -0.2) is 0 Å². The van der Waals surface area contributed by atoms with E-state index in [1.807, 2.05) is 18.2 Å². The largest absolute Gasteiger partial charge is 0.325 e. The lowest BCUT2D eigenvalue weighted by Crippen LogP contribution is -2.69. The van der Waals surface area contributed by atoms with Crippen LogP contribution in [0.5, 0.6) is 0 Å². The van der Waals surface area contributed by atoms with Crippen LogP contribution in [0.4, 0.5) is 0 Å². The molecule has 0 saturated heterocycles. The van der Waals surface area contributed by atoms with Gasteiger partial charge in [-0.2, -0.15) is 0 Å². The molecular formula is C15H27N3. The summed E-state index contributed by atoms with van der Waals surface area (Å²) in [6.45, 7) is 13.9. The lowest BCUT2D eigenvalue weighted by atomic mass is 9.83. The second kappa shape index (κ2) is 7.52. The van der Waals surface area contributed by atoms with E-state index < -0.39 is 0 Å². The minimum Gasteiger partial charge on any atom is -0.325 e. The monoisotopic (exact) mass is 249 g/mol. The average molecular weight is 249 g/mol. The van der Waals surface area contributed by atoms with E-state index in [0.717, 1.165) is 32.5 Å². The maximum atomic E-state index is 6.41. The van der Waals surface area contributed by atoms with Crippen LogP contribution in [0.2, 0.25) is 0 Å². The maximum Gasteiger partial charge on any atom is 0.0875 e. The van der Waals surface area contributed by atoms with Gasteiger partial charge in [0.15, 0.2) is 0 Å². The van der Waals surface area contributed by atoms with Crippen molar-refractivity contribution in [2.45, 2.75) is 37.4 Å². The number of rotatable bonds is 8. The first-order valence-corrected chi connectivity index (χ1v) is 6.79. The standard InChI is InChI=1S/C15H27N3/c1-4-11-17-15(10-8-7-9-14(15)16)18(12-5-2)13-6-3/h4-6,14,17H,1-3,7-13,16H2. The van der Waals surface area contributed by atoms with Crippen LogP contribution in [0.3, 0.4) is 0 Å².